The molecular formula is C17H18F3N. The molecule has 0 saturated heterocycles. The molecule has 0 aliphatic heterocycles. The molecule has 1 atom stereocenters. The second kappa shape index (κ2) is 5.90. The fourth-order valence-electron chi connectivity index (χ4n) is 2.68. The predicted molar refractivity (Wildman–Crippen MR) is 77.8 cm³/mol. The average molecular weight is 293 g/mol. The molecule has 2 aromatic rings. The van der Waals surface area contributed by atoms with E-state index in [0.29, 0.717) is 18.4 Å². The van der Waals surface area contributed by atoms with Crippen molar-refractivity contribution >= 4 is 0 Å². The van der Waals surface area contributed by atoms with E-state index in [1.807, 2.05) is 13.0 Å². The maximum atomic E-state index is 13.3. The minimum atomic E-state index is -4.41. The third-order valence-corrected chi connectivity index (χ3v) is 3.65. The van der Waals surface area contributed by atoms with Crippen LogP contribution in [0.2, 0.25) is 0 Å². The van der Waals surface area contributed by atoms with Crippen LogP contribution in [0.3, 0.4) is 0 Å². The van der Waals surface area contributed by atoms with E-state index in [0.717, 1.165) is 6.07 Å². The van der Waals surface area contributed by atoms with Crippen molar-refractivity contribution in [2.24, 2.45) is 5.73 Å². The minimum absolute atomic E-state index is 0.130. The maximum absolute atomic E-state index is 13.3. The van der Waals surface area contributed by atoms with Gasteiger partial charge in [-0.2, -0.15) is 13.2 Å². The number of nitrogens with two attached hydrogens (primary N) is 1. The first-order valence-electron chi connectivity index (χ1n) is 6.90. The fraction of sp³-hybridized carbons (Fsp3) is 0.294. The molecule has 0 saturated carbocycles. The van der Waals surface area contributed by atoms with E-state index >= 15 is 0 Å². The molecule has 2 rings (SSSR count). The van der Waals surface area contributed by atoms with Gasteiger partial charge in [-0.1, -0.05) is 61.9 Å². The second-order valence-electron chi connectivity index (χ2n) is 5.13. The summed E-state index contributed by atoms with van der Waals surface area (Å²) in [5.74, 6) is 0. The standard InChI is InChI=1S/C17H18F3N/c1-2-12-16(21,13-8-4-3-5-9-13)14-10-6-7-11-15(14)17(18,19)20/h3-11H,2,12,21H2,1H3. The van der Waals surface area contributed by atoms with Crippen molar-refractivity contribution in [3.05, 3.63) is 71.3 Å². The normalized spacial score (nSPS) is 14.7. The summed E-state index contributed by atoms with van der Waals surface area (Å²) in [6, 6.07) is 14.5. The monoisotopic (exact) mass is 293 g/mol. The largest absolute Gasteiger partial charge is 0.416 e. The van der Waals surface area contributed by atoms with Crippen LogP contribution in [-0.4, -0.2) is 0 Å². The summed E-state index contributed by atoms with van der Waals surface area (Å²) in [6.07, 6.45) is -3.27. The molecule has 0 radical (unpaired) electrons. The van der Waals surface area contributed by atoms with E-state index in [1.165, 1.54) is 12.1 Å². The first-order chi connectivity index (χ1) is 9.89. The molecule has 0 aliphatic rings. The van der Waals surface area contributed by atoms with Crippen LogP contribution in [0.15, 0.2) is 54.6 Å². The summed E-state index contributed by atoms with van der Waals surface area (Å²) in [6.45, 7) is 1.92. The number of rotatable bonds is 4. The molecular weight excluding hydrogens is 275 g/mol. The number of alkyl halides is 3. The van der Waals surface area contributed by atoms with E-state index in [2.05, 4.69) is 0 Å². The molecule has 21 heavy (non-hydrogen) atoms. The Balaban J connectivity index is 2.65. The molecule has 0 heterocycles. The third kappa shape index (κ3) is 3.10. The van der Waals surface area contributed by atoms with E-state index < -0.39 is 17.3 Å². The van der Waals surface area contributed by atoms with Crippen molar-refractivity contribution in [1.82, 2.24) is 0 Å². The van der Waals surface area contributed by atoms with Crippen LogP contribution in [0.5, 0.6) is 0 Å². The number of hydrogen-bond donors (Lipinski definition) is 1. The second-order valence-corrected chi connectivity index (χ2v) is 5.13. The molecule has 2 aromatic carbocycles. The lowest BCUT2D eigenvalue weighted by Crippen LogP contribution is -2.39. The van der Waals surface area contributed by atoms with Crippen molar-refractivity contribution in [2.75, 3.05) is 0 Å². The highest BCUT2D eigenvalue weighted by atomic mass is 19.4. The Kier molecular flexibility index (Phi) is 4.37. The number of halogens is 3. The fourth-order valence-corrected chi connectivity index (χ4v) is 2.68. The lowest BCUT2D eigenvalue weighted by atomic mass is 9.78. The summed E-state index contributed by atoms with van der Waals surface area (Å²) in [7, 11) is 0. The summed E-state index contributed by atoms with van der Waals surface area (Å²) < 4.78 is 39.8. The van der Waals surface area contributed by atoms with Gasteiger partial charge in [0.1, 0.15) is 0 Å². The zero-order valence-electron chi connectivity index (χ0n) is 11.8. The molecule has 1 nitrogen and oxygen atoms in total. The van der Waals surface area contributed by atoms with E-state index in [4.69, 9.17) is 5.73 Å². The van der Waals surface area contributed by atoms with Gasteiger partial charge in [-0.05, 0) is 23.6 Å². The van der Waals surface area contributed by atoms with Crippen molar-refractivity contribution in [1.29, 1.82) is 0 Å². The maximum Gasteiger partial charge on any atom is 0.416 e. The summed E-state index contributed by atoms with van der Waals surface area (Å²) in [5.41, 5.74) is 5.48. The Labute approximate surface area is 122 Å². The first kappa shape index (κ1) is 15.6. The Morgan fingerprint density at radius 3 is 1.90 bits per heavy atom. The Bertz CT molecular complexity index is 592. The third-order valence-electron chi connectivity index (χ3n) is 3.65. The number of hydrogen-bond acceptors (Lipinski definition) is 1. The van der Waals surface area contributed by atoms with Crippen molar-refractivity contribution in [3.63, 3.8) is 0 Å². The van der Waals surface area contributed by atoms with E-state index in [9.17, 15) is 13.2 Å². The quantitative estimate of drug-likeness (QED) is 0.868. The van der Waals surface area contributed by atoms with Gasteiger partial charge in [0, 0.05) is 0 Å². The Morgan fingerprint density at radius 2 is 1.38 bits per heavy atom. The molecule has 0 spiro atoms. The Morgan fingerprint density at radius 1 is 0.857 bits per heavy atom. The van der Waals surface area contributed by atoms with Crippen LogP contribution < -0.4 is 5.73 Å². The van der Waals surface area contributed by atoms with Gasteiger partial charge in [0.15, 0.2) is 0 Å². The van der Waals surface area contributed by atoms with E-state index in [-0.39, 0.29) is 5.56 Å². The van der Waals surface area contributed by atoms with Gasteiger partial charge >= 0.3 is 6.18 Å². The van der Waals surface area contributed by atoms with Crippen molar-refractivity contribution in [3.8, 4) is 0 Å². The number of benzene rings is 2. The van der Waals surface area contributed by atoms with Crippen LogP contribution in [0.25, 0.3) is 0 Å². The zero-order chi connectivity index (χ0) is 15.5. The molecule has 0 bridgehead atoms. The van der Waals surface area contributed by atoms with Gasteiger partial charge in [0.2, 0.25) is 0 Å². The van der Waals surface area contributed by atoms with Gasteiger partial charge in [-0.15, -0.1) is 0 Å². The summed E-state index contributed by atoms with van der Waals surface area (Å²) in [4.78, 5) is 0. The molecule has 4 heteroatoms. The summed E-state index contributed by atoms with van der Waals surface area (Å²) in [5, 5.41) is 0. The Hall–Kier alpha value is -1.81. The SMILES string of the molecule is CCCC(N)(c1ccccc1)c1ccccc1C(F)(F)F. The van der Waals surface area contributed by atoms with Crippen molar-refractivity contribution in [2.45, 2.75) is 31.5 Å². The highest BCUT2D eigenvalue weighted by molar-refractivity contribution is 5.43. The van der Waals surface area contributed by atoms with Crippen molar-refractivity contribution < 1.29 is 13.2 Å². The van der Waals surface area contributed by atoms with Crippen LogP contribution in [0, 0.1) is 0 Å². The van der Waals surface area contributed by atoms with Crippen LogP contribution >= 0.6 is 0 Å². The topological polar surface area (TPSA) is 26.0 Å². The zero-order valence-corrected chi connectivity index (χ0v) is 11.8. The molecule has 0 amide bonds. The first-order valence-corrected chi connectivity index (χ1v) is 6.90. The van der Waals surface area contributed by atoms with Crippen LogP contribution in [-0.2, 0) is 11.7 Å². The molecule has 0 aliphatic carbocycles. The van der Waals surface area contributed by atoms with Gasteiger partial charge in [-0.3, -0.25) is 0 Å². The molecule has 2 N–H and O–H groups in total. The predicted octanol–water partition coefficient (Wildman–Crippen LogP) is 4.71. The minimum Gasteiger partial charge on any atom is -0.318 e. The lowest BCUT2D eigenvalue weighted by Gasteiger charge is -2.33. The summed E-state index contributed by atoms with van der Waals surface area (Å²) >= 11 is 0. The van der Waals surface area contributed by atoms with Gasteiger partial charge in [0.25, 0.3) is 0 Å². The molecule has 0 aromatic heterocycles. The van der Waals surface area contributed by atoms with Gasteiger partial charge < -0.3 is 5.73 Å². The average Bonchev–Trinajstić information content (AvgIpc) is 2.47. The lowest BCUT2D eigenvalue weighted by molar-refractivity contribution is -0.138. The van der Waals surface area contributed by atoms with E-state index in [1.54, 1.807) is 30.3 Å². The highest BCUT2D eigenvalue weighted by Crippen LogP contribution is 2.40. The molecule has 1 unspecified atom stereocenters. The van der Waals surface area contributed by atoms with Crippen LogP contribution in [0.4, 0.5) is 13.2 Å². The highest BCUT2D eigenvalue weighted by Gasteiger charge is 2.40. The van der Waals surface area contributed by atoms with Gasteiger partial charge in [-0.25, -0.2) is 0 Å². The smallest absolute Gasteiger partial charge is 0.318 e. The van der Waals surface area contributed by atoms with Gasteiger partial charge in [0.05, 0.1) is 11.1 Å². The van der Waals surface area contributed by atoms with Crippen LogP contribution in [0.1, 0.15) is 36.5 Å². The molecule has 0 fully saturated rings. The molecule has 112 valence electrons.